The van der Waals surface area contributed by atoms with Crippen molar-refractivity contribution >= 4 is 11.6 Å². The molecular formula is C17H14F3N5O2. The highest BCUT2D eigenvalue weighted by Crippen LogP contribution is 2.27. The van der Waals surface area contributed by atoms with E-state index in [1.165, 1.54) is 6.07 Å². The maximum absolute atomic E-state index is 12.5. The number of hydrogen-bond donors (Lipinski definition) is 2. The van der Waals surface area contributed by atoms with E-state index in [-0.39, 0.29) is 11.8 Å². The highest BCUT2D eigenvalue weighted by molar-refractivity contribution is 6.02. The van der Waals surface area contributed by atoms with Crippen molar-refractivity contribution in [3.05, 3.63) is 53.1 Å². The van der Waals surface area contributed by atoms with Crippen molar-refractivity contribution in [2.45, 2.75) is 12.3 Å². The highest BCUT2D eigenvalue weighted by Gasteiger charge is 2.33. The number of halogens is 3. The number of carbonyl (C=O) groups excluding carboxylic acids is 1. The molecule has 1 unspecified atom stereocenters. The molecule has 10 heteroatoms. The van der Waals surface area contributed by atoms with E-state index in [4.69, 9.17) is 4.74 Å². The summed E-state index contributed by atoms with van der Waals surface area (Å²) in [4.78, 5) is 18.8. The molecule has 1 fully saturated rings. The Morgan fingerprint density at radius 1 is 1.33 bits per heavy atom. The summed E-state index contributed by atoms with van der Waals surface area (Å²) in [6.45, 7) is 1.84. The van der Waals surface area contributed by atoms with E-state index in [0.717, 1.165) is 12.7 Å². The maximum Gasteiger partial charge on any atom is 0.434 e. The Kier molecular flexibility index (Phi) is 5.34. The lowest BCUT2D eigenvalue weighted by Crippen LogP contribution is -2.33. The van der Waals surface area contributed by atoms with Crippen LogP contribution in [0.3, 0.4) is 0 Å². The summed E-state index contributed by atoms with van der Waals surface area (Å²) in [5.74, 6) is -0.733. The quantitative estimate of drug-likeness (QED) is 0.851. The van der Waals surface area contributed by atoms with Gasteiger partial charge in [0.25, 0.3) is 5.91 Å². The van der Waals surface area contributed by atoms with E-state index in [0.29, 0.717) is 36.2 Å². The molecule has 0 aliphatic carbocycles. The first kappa shape index (κ1) is 18.8. The summed E-state index contributed by atoms with van der Waals surface area (Å²) in [6.07, 6.45) is -3.65. The number of aromatic nitrogens is 2. The average molecular weight is 377 g/mol. The second-order valence-electron chi connectivity index (χ2n) is 5.72. The number of nitrogens with zero attached hydrogens (tertiary/aromatic N) is 3. The predicted octanol–water partition coefficient (Wildman–Crippen LogP) is 2.28. The van der Waals surface area contributed by atoms with E-state index >= 15 is 0 Å². The maximum atomic E-state index is 12.5. The molecule has 0 radical (unpaired) electrons. The lowest BCUT2D eigenvalue weighted by molar-refractivity contribution is -0.141. The van der Waals surface area contributed by atoms with Crippen molar-refractivity contribution in [1.29, 1.82) is 5.26 Å². The molecule has 2 heterocycles. The number of benzene rings is 1. The number of rotatable bonds is 3. The average Bonchev–Trinajstić information content (AvgIpc) is 2.68. The van der Waals surface area contributed by atoms with Crippen LogP contribution in [-0.4, -0.2) is 35.6 Å². The van der Waals surface area contributed by atoms with E-state index in [1.54, 1.807) is 12.1 Å². The van der Waals surface area contributed by atoms with Gasteiger partial charge in [0.1, 0.15) is 5.69 Å². The fourth-order valence-corrected chi connectivity index (χ4v) is 2.56. The molecule has 7 nitrogen and oxygen atoms in total. The fraction of sp³-hybridized carbons (Fsp3) is 0.294. The van der Waals surface area contributed by atoms with E-state index < -0.39 is 17.8 Å². The van der Waals surface area contributed by atoms with Crippen LogP contribution in [0.4, 0.5) is 18.9 Å². The Bertz CT molecular complexity index is 872. The number of amides is 1. The molecule has 2 N–H and O–H groups in total. The van der Waals surface area contributed by atoms with Crippen molar-refractivity contribution < 1.29 is 22.7 Å². The minimum Gasteiger partial charge on any atom is -0.371 e. The lowest BCUT2D eigenvalue weighted by Gasteiger charge is -2.24. The zero-order valence-electron chi connectivity index (χ0n) is 13.9. The normalized spacial score (nSPS) is 17.2. The van der Waals surface area contributed by atoms with Crippen LogP contribution in [0.2, 0.25) is 0 Å². The number of ether oxygens (including phenoxy) is 1. The second kappa shape index (κ2) is 7.69. The number of alkyl halides is 3. The van der Waals surface area contributed by atoms with Gasteiger partial charge in [-0.3, -0.25) is 4.79 Å². The Labute approximate surface area is 152 Å². The number of hydrogen-bond acceptors (Lipinski definition) is 6. The molecule has 1 aromatic carbocycles. The van der Waals surface area contributed by atoms with Crippen molar-refractivity contribution in [2.24, 2.45) is 0 Å². The van der Waals surface area contributed by atoms with Gasteiger partial charge in [0.15, 0.2) is 5.69 Å². The fourth-order valence-electron chi connectivity index (χ4n) is 2.56. The Morgan fingerprint density at radius 3 is 2.74 bits per heavy atom. The Morgan fingerprint density at radius 2 is 2.15 bits per heavy atom. The standard InChI is InChI=1S/C17H14F3N5O2/c18-17(19,20)15-9-23-13(7-24-15)16(26)25-11-1-2-12(10(5-11)6-21)14-8-22-3-4-27-14/h1-2,5,7,9,14,22H,3-4,8H2,(H,25,26). The summed E-state index contributed by atoms with van der Waals surface area (Å²) >= 11 is 0. The first-order chi connectivity index (χ1) is 12.9. The van der Waals surface area contributed by atoms with Gasteiger partial charge in [0.05, 0.1) is 36.7 Å². The van der Waals surface area contributed by atoms with Gasteiger partial charge >= 0.3 is 6.18 Å². The molecule has 140 valence electrons. The molecule has 1 saturated heterocycles. The van der Waals surface area contributed by atoms with Gasteiger partial charge in [-0.1, -0.05) is 6.07 Å². The van der Waals surface area contributed by atoms with Crippen molar-refractivity contribution in [1.82, 2.24) is 15.3 Å². The monoisotopic (exact) mass is 377 g/mol. The van der Waals surface area contributed by atoms with E-state index in [9.17, 15) is 23.2 Å². The molecule has 2 aromatic rings. The van der Waals surface area contributed by atoms with Gasteiger partial charge in [-0.25, -0.2) is 9.97 Å². The van der Waals surface area contributed by atoms with Gasteiger partial charge in [-0.05, 0) is 17.7 Å². The third kappa shape index (κ3) is 4.39. The van der Waals surface area contributed by atoms with Gasteiger partial charge in [-0.2, -0.15) is 18.4 Å². The van der Waals surface area contributed by atoms with Gasteiger partial charge in [0.2, 0.25) is 0 Å². The van der Waals surface area contributed by atoms with Crippen molar-refractivity contribution in [2.75, 3.05) is 25.0 Å². The number of nitriles is 1. The largest absolute Gasteiger partial charge is 0.434 e. The highest BCUT2D eigenvalue weighted by atomic mass is 19.4. The van der Waals surface area contributed by atoms with E-state index in [1.807, 2.05) is 0 Å². The summed E-state index contributed by atoms with van der Waals surface area (Å²) < 4.78 is 43.1. The van der Waals surface area contributed by atoms with Crippen LogP contribution in [0.1, 0.15) is 33.4 Å². The summed E-state index contributed by atoms with van der Waals surface area (Å²) in [6, 6.07) is 6.79. The lowest BCUT2D eigenvalue weighted by atomic mass is 10.0. The third-order valence-corrected chi connectivity index (χ3v) is 3.88. The van der Waals surface area contributed by atoms with Crippen LogP contribution in [0.25, 0.3) is 0 Å². The second-order valence-corrected chi connectivity index (χ2v) is 5.72. The topological polar surface area (TPSA) is 99.9 Å². The van der Waals surface area contributed by atoms with Crippen molar-refractivity contribution in [3.63, 3.8) is 0 Å². The van der Waals surface area contributed by atoms with Crippen molar-refractivity contribution in [3.8, 4) is 6.07 Å². The molecule has 0 saturated carbocycles. The third-order valence-electron chi connectivity index (χ3n) is 3.88. The van der Waals surface area contributed by atoms with Gasteiger partial charge in [-0.15, -0.1) is 0 Å². The molecule has 0 bridgehead atoms. The van der Waals surface area contributed by atoms with Gasteiger partial charge in [0, 0.05) is 18.8 Å². The molecule has 0 spiro atoms. The summed E-state index contributed by atoms with van der Waals surface area (Å²) in [5.41, 5.74) is -0.121. The molecule has 1 aromatic heterocycles. The first-order valence-corrected chi connectivity index (χ1v) is 7.95. The molecular weight excluding hydrogens is 363 g/mol. The number of carbonyl (C=O) groups is 1. The zero-order valence-corrected chi connectivity index (χ0v) is 13.9. The predicted molar refractivity (Wildman–Crippen MR) is 87.7 cm³/mol. The molecule has 1 atom stereocenters. The van der Waals surface area contributed by atoms with Crippen LogP contribution >= 0.6 is 0 Å². The molecule has 1 aliphatic rings. The van der Waals surface area contributed by atoms with Crippen LogP contribution in [0, 0.1) is 11.3 Å². The number of anilines is 1. The zero-order chi connectivity index (χ0) is 19.4. The Balaban J connectivity index is 1.75. The molecule has 1 amide bonds. The molecule has 27 heavy (non-hydrogen) atoms. The van der Waals surface area contributed by atoms with Crippen LogP contribution in [-0.2, 0) is 10.9 Å². The Hall–Kier alpha value is -3.03. The van der Waals surface area contributed by atoms with Gasteiger partial charge < -0.3 is 15.4 Å². The summed E-state index contributed by atoms with van der Waals surface area (Å²) in [7, 11) is 0. The SMILES string of the molecule is N#Cc1cc(NC(=O)c2cnc(C(F)(F)F)cn2)ccc1C1CNCCO1. The smallest absolute Gasteiger partial charge is 0.371 e. The number of nitrogens with one attached hydrogen (secondary N) is 2. The minimum absolute atomic E-state index is 0.265. The first-order valence-electron chi connectivity index (χ1n) is 7.95. The summed E-state index contributed by atoms with van der Waals surface area (Å²) in [5, 5.41) is 15.0. The van der Waals surface area contributed by atoms with E-state index in [2.05, 4.69) is 26.7 Å². The molecule has 1 aliphatic heterocycles. The van der Waals surface area contributed by atoms with Crippen LogP contribution in [0.15, 0.2) is 30.6 Å². The minimum atomic E-state index is -4.63. The van der Waals surface area contributed by atoms with Crippen LogP contribution in [0.5, 0.6) is 0 Å². The van der Waals surface area contributed by atoms with Crippen LogP contribution < -0.4 is 10.6 Å². The number of morpholine rings is 1. The molecule has 3 rings (SSSR count).